The van der Waals surface area contributed by atoms with Crippen LogP contribution in [-0.2, 0) is 20.7 Å². The molecule has 0 saturated heterocycles. The van der Waals surface area contributed by atoms with E-state index in [1.807, 2.05) is 45.0 Å². The van der Waals surface area contributed by atoms with Gasteiger partial charge in [0.05, 0.1) is 6.61 Å². The molecule has 0 saturated carbocycles. The van der Waals surface area contributed by atoms with E-state index < -0.39 is 5.60 Å². The first-order chi connectivity index (χ1) is 9.90. The van der Waals surface area contributed by atoms with Crippen LogP contribution in [0, 0.1) is 0 Å². The minimum atomic E-state index is -0.493. The van der Waals surface area contributed by atoms with Gasteiger partial charge in [0.1, 0.15) is 24.6 Å². The lowest BCUT2D eigenvalue weighted by Crippen LogP contribution is -2.27. The van der Waals surface area contributed by atoms with Crippen LogP contribution in [0.4, 0.5) is 0 Å². The quantitative estimate of drug-likeness (QED) is 0.587. The molecule has 1 rings (SSSR count). The van der Waals surface area contributed by atoms with Crippen molar-refractivity contribution in [1.29, 1.82) is 0 Å². The maximum Gasteiger partial charge on any atom is 0.332 e. The van der Waals surface area contributed by atoms with Crippen LogP contribution in [0.2, 0.25) is 0 Å². The van der Waals surface area contributed by atoms with Gasteiger partial charge in [0.25, 0.3) is 0 Å². The third-order valence-electron chi connectivity index (χ3n) is 2.46. The third kappa shape index (κ3) is 8.32. The Morgan fingerprint density at radius 3 is 2.38 bits per heavy atom. The zero-order valence-electron chi connectivity index (χ0n) is 12.9. The van der Waals surface area contributed by atoms with E-state index in [0.29, 0.717) is 19.6 Å². The molecule has 118 valence electrons. The lowest BCUT2D eigenvalue weighted by Gasteiger charge is -2.19. The lowest BCUT2D eigenvalue weighted by atomic mass is 10.1. The largest absolute Gasteiger partial charge is 0.491 e. The van der Waals surface area contributed by atoms with Crippen LogP contribution < -0.4 is 4.74 Å². The monoisotopic (exact) mass is 296 g/mol. The van der Waals surface area contributed by atoms with Crippen LogP contribution in [0.15, 0.2) is 24.3 Å². The van der Waals surface area contributed by atoms with Crippen LogP contribution in [0.25, 0.3) is 0 Å². The minimum Gasteiger partial charge on any atom is -0.491 e. The highest BCUT2D eigenvalue weighted by Crippen LogP contribution is 2.12. The van der Waals surface area contributed by atoms with Crippen molar-refractivity contribution in [2.45, 2.75) is 32.8 Å². The van der Waals surface area contributed by atoms with Gasteiger partial charge < -0.3 is 19.3 Å². The molecule has 0 atom stereocenters. The summed E-state index contributed by atoms with van der Waals surface area (Å²) < 4.78 is 15.8. The first-order valence-electron chi connectivity index (χ1n) is 7.03. The fraction of sp³-hybridized carbons (Fsp3) is 0.562. The highest BCUT2D eigenvalue weighted by atomic mass is 16.6. The van der Waals surface area contributed by atoms with E-state index in [4.69, 9.17) is 19.3 Å². The number of hydrogen-bond donors (Lipinski definition) is 1. The average Bonchev–Trinajstić information content (AvgIpc) is 2.38. The fourth-order valence-electron chi connectivity index (χ4n) is 1.63. The molecule has 0 aliphatic carbocycles. The van der Waals surface area contributed by atoms with Crippen LogP contribution >= 0.6 is 0 Å². The number of aliphatic hydroxyl groups excluding tert-OH is 1. The van der Waals surface area contributed by atoms with Gasteiger partial charge in [-0.1, -0.05) is 12.1 Å². The molecule has 5 heteroatoms. The second-order valence-corrected chi connectivity index (χ2v) is 5.61. The van der Waals surface area contributed by atoms with Gasteiger partial charge in [0, 0.05) is 6.61 Å². The summed E-state index contributed by atoms with van der Waals surface area (Å²) in [5.74, 6) is 0.355. The normalized spacial score (nSPS) is 11.2. The van der Waals surface area contributed by atoms with E-state index in [1.54, 1.807) is 0 Å². The molecular weight excluding hydrogens is 272 g/mol. The first-order valence-corrected chi connectivity index (χ1v) is 7.03. The van der Waals surface area contributed by atoms with Crippen LogP contribution in [0.1, 0.15) is 26.3 Å². The molecule has 1 aromatic rings. The number of hydrogen-bond acceptors (Lipinski definition) is 5. The number of carbonyl (C=O) groups excluding carboxylic acids is 1. The molecule has 0 aromatic heterocycles. The van der Waals surface area contributed by atoms with Crippen molar-refractivity contribution in [3.63, 3.8) is 0 Å². The number of rotatable bonds is 8. The Hall–Kier alpha value is -1.59. The Kier molecular flexibility index (Phi) is 7.19. The molecule has 5 nitrogen and oxygen atoms in total. The van der Waals surface area contributed by atoms with E-state index in [2.05, 4.69) is 0 Å². The molecule has 0 bridgehead atoms. The second kappa shape index (κ2) is 8.64. The molecule has 1 N–H and O–H groups in total. The van der Waals surface area contributed by atoms with Gasteiger partial charge in [-0.3, -0.25) is 0 Å². The average molecular weight is 296 g/mol. The van der Waals surface area contributed by atoms with Crippen molar-refractivity contribution in [1.82, 2.24) is 0 Å². The van der Waals surface area contributed by atoms with Crippen LogP contribution in [-0.4, -0.2) is 43.1 Å². The third-order valence-corrected chi connectivity index (χ3v) is 2.46. The molecule has 0 radical (unpaired) electrons. The maximum atomic E-state index is 11.4. The molecular formula is C16H24O5. The van der Waals surface area contributed by atoms with E-state index >= 15 is 0 Å². The van der Waals surface area contributed by atoms with Crippen molar-refractivity contribution < 1.29 is 24.1 Å². The predicted molar refractivity (Wildman–Crippen MR) is 79.4 cm³/mol. The van der Waals surface area contributed by atoms with Gasteiger partial charge in [0.15, 0.2) is 0 Å². The molecule has 0 heterocycles. The summed E-state index contributed by atoms with van der Waals surface area (Å²) in [5.41, 5.74) is 0.568. The van der Waals surface area contributed by atoms with Crippen molar-refractivity contribution >= 4 is 5.97 Å². The number of esters is 1. The van der Waals surface area contributed by atoms with E-state index in [1.165, 1.54) is 0 Å². The first kappa shape index (κ1) is 17.5. The van der Waals surface area contributed by atoms with E-state index in [-0.39, 0.29) is 19.2 Å². The standard InChI is InChI=1S/C16H24O5/c1-16(2,3)21-15(18)12-19-10-11-20-14-6-4-13(5-7-14)8-9-17/h4-7,17H,8-12H2,1-3H3. The minimum absolute atomic E-state index is 0.0733. The maximum absolute atomic E-state index is 11.4. The molecule has 0 fully saturated rings. The zero-order valence-corrected chi connectivity index (χ0v) is 12.9. The van der Waals surface area contributed by atoms with Crippen molar-refractivity contribution in [3.05, 3.63) is 29.8 Å². The molecule has 0 aliphatic heterocycles. The highest BCUT2D eigenvalue weighted by Gasteiger charge is 2.15. The zero-order chi connectivity index (χ0) is 15.7. The predicted octanol–water partition coefficient (Wildman–Crippen LogP) is 1.96. The number of benzene rings is 1. The van der Waals surface area contributed by atoms with E-state index in [9.17, 15) is 4.79 Å². The Balaban J connectivity index is 2.15. The summed E-state index contributed by atoms with van der Waals surface area (Å²) >= 11 is 0. The Morgan fingerprint density at radius 1 is 1.14 bits per heavy atom. The lowest BCUT2D eigenvalue weighted by molar-refractivity contribution is -0.160. The van der Waals surface area contributed by atoms with Crippen molar-refractivity contribution in [3.8, 4) is 5.75 Å². The molecule has 0 unspecified atom stereocenters. The van der Waals surface area contributed by atoms with Crippen LogP contribution in [0.5, 0.6) is 5.75 Å². The van der Waals surface area contributed by atoms with Crippen LogP contribution in [0.3, 0.4) is 0 Å². The summed E-state index contributed by atoms with van der Waals surface area (Å²) in [5, 5.41) is 8.82. The van der Waals surface area contributed by atoms with Crippen molar-refractivity contribution in [2.24, 2.45) is 0 Å². The van der Waals surface area contributed by atoms with Crippen molar-refractivity contribution in [2.75, 3.05) is 26.4 Å². The smallest absolute Gasteiger partial charge is 0.332 e. The van der Waals surface area contributed by atoms with Gasteiger partial charge in [0.2, 0.25) is 0 Å². The molecule has 0 aliphatic rings. The molecule has 0 amide bonds. The summed E-state index contributed by atoms with van der Waals surface area (Å²) in [6.07, 6.45) is 0.638. The van der Waals surface area contributed by atoms with Gasteiger partial charge >= 0.3 is 5.97 Å². The fourth-order valence-corrected chi connectivity index (χ4v) is 1.63. The van der Waals surface area contributed by atoms with Gasteiger partial charge in [-0.15, -0.1) is 0 Å². The van der Waals surface area contributed by atoms with E-state index in [0.717, 1.165) is 11.3 Å². The second-order valence-electron chi connectivity index (χ2n) is 5.61. The number of carbonyl (C=O) groups is 1. The van der Waals surface area contributed by atoms with Gasteiger partial charge in [-0.05, 0) is 44.9 Å². The summed E-state index contributed by atoms with van der Waals surface area (Å²) in [6.45, 7) is 6.19. The van der Waals surface area contributed by atoms with Gasteiger partial charge in [-0.2, -0.15) is 0 Å². The van der Waals surface area contributed by atoms with Gasteiger partial charge in [-0.25, -0.2) is 4.79 Å². The SMILES string of the molecule is CC(C)(C)OC(=O)COCCOc1ccc(CCO)cc1. The molecule has 0 spiro atoms. The summed E-state index contributed by atoms with van der Waals surface area (Å²) in [4.78, 5) is 11.4. The highest BCUT2D eigenvalue weighted by molar-refractivity contribution is 5.71. The Bertz CT molecular complexity index is 419. The molecule has 1 aromatic carbocycles. The Labute approximate surface area is 125 Å². The molecule has 21 heavy (non-hydrogen) atoms. The topological polar surface area (TPSA) is 65.0 Å². The number of aliphatic hydroxyl groups is 1. The summed E-state index contributed by atoms with van der Waals surface area (Å²) in [7, 11) is 0. The number of ether oxygens (including phenoxy) is 3. The Morgan fingerprint density at radius 2 is 1.81 bits per heavy atom. The summed E-state index contributed by atoms with van der Waals surface area (Å²) in [6, 6.07) is 7.51.